The molecule has 0 amide bonds. The fourth-order valence-corrected chi connectivity index (χ4v) is 2.13. The molecule has 0 aliphatic carbocycles. The summed E-state index contributed by atoms with van der Waals surface area (Å²) in [6.07, 6.45) is 1.91. The lowest BCUT2D eigenvalue weighted by Gasteiger charge is -1.96. The number of imidazole rings is 1. The van der Waals surface area contributed by atoms with Gasteiger partial charge in [-0.05, 0) is 30.3 Å². The number of nitrogens with zero attached hydrogens (tertiary/aromatic N) is 2. The summed E-state index contributed by atoms with van der Waals surface area (Å²) in [5.41, 5.74) is 2.14. The molecule has 0 fully saturated rings. The van der Waals surface area contributed by atoms with Gasteiger partial charge in [-0.3, -0.25) is 0 Å². The number of hydrogen-bond acceptors (Lipinski definition) is 4. The van der Waals surface area contributed by atoms with Gasteiger partial charge in [0, 0.05) is 11.4 Å². The molecule has 3 aromatic rings. The zero-order chi connectivity index (χ0) is 15.4. The number of H-pyrrole nitrogens is 1. The number of halogens is 1. The molecule has 110 valence electrons. The van der Waals surface area contributed by atoms with Crippen LogP contribution >= 0.6 is 11.6 Å². The Bertz CT molecular complexity index is 828. The lowest BCUT2D eigenvalue weighted by molar-refractivity contribution is 0.0518. The average molecular weight is 314 g/mol. The third kappa shape index (κ3) is 3.32. The van der Waals surface area contributed by atoms with E-state index in [0.29, 0.717) is 17.0 Å². The Labute approximate surface area is 131 Å². The molecule has 5 nitrogen and oxygen atoms in total. The summed E-state index contributed by atoms with van der Waals surface area (Å²) >= 11 is 5.91. The van der Waals surface area contributed by atoms with Gasteiger partial charge in [0.2, 0.25) is 0 Å². The Morgan fingerprint density at radius 1 is 1.27 bits per heavy atom. The second kappa shape index (κ2) is 6.41. The van der Waals surface area contributed by atoms with Gasteiger partial charge >= 0.3 is 5.97 Å². The number of fused-ring (bicyclic) bond motifs is 1. The predicted octanol–water partition coefficient (Wildman–Crippen LogP) is 3.60. The first-order valence-corrected chi connectivity index (χ1v) is 7.02. The highest BCUT2D eigenvalue weighted by Gasteiger charge is 2.05. The van der Waals surface area contributed by atoms with Crippen molar-refractivity contribution < 1.29 is 9.63 Å². The molecule has 0 saturated carbocycles. The number of rotatable bonds is 4. The van der Waals surface area contributed by atoms with E-state index in [0.717, 1.165) is 16.9 Å². The maximum Gasteiger partial charge on any atom is 0.365 e. The van der Waals surface area contributed by atoms with Crippen LogP contribution in [-0.4, -0.2) is 22.2 Å². The Hall–Kier alpha value is -2.66. The van der Waals surface area contributed by atoms with Crippen LogP contribution in [0.3, 0.4) is 0 Å². The lowest BCUT2D eigenvalue weighted by atomic mass is 10.2. The molecule has 0 saturated heterocycles. The standard InChI is InChI=1S/C16H12ClN3O2/c17-12-6-7-13-14(10-12)20-15(19-13)8-9-18-22-16(21)11-4-2-1-3-5-11/h1-7,9-10H,8H2,(H,19,20). The van der Waals surface area contributed by atoms with E-state index in [9.17, 15) is 4.79 Å². The highest BCUT2D eigenvalue weighted by atomic mass is 35.5. The third-order valence-corrected chi connectivity index (χ3v) is 3.23. The van der Waals surface area contributed by atoms with E-state index in [1.807, 2.05) is 12.1 Å². The number of hydrogen-bond donors (Lipinski definition) is 1. The van der Waals surface area contributed by atoms with Gasteiger partial charge in [-0.1, -0.05) is 35.0 Å². The van der Waals surface area contributed by atoms with Gasteiger partial charge < -0.3 is 9.82 Å². The van der Waals surface area contributed by atoms with Crippen molar-refractivity contribution in [3.05, 3.63) is 64.9 Å². The largest absolute Gasteiger partial charge is 0.365 e. The van der Waals surface area contributed by atoms with Crippen molar-refractivity contribution >= 4 is 34.8 Å². The molecule has 3 rings (SSSR count). The second-order valence-electron chi connectivity index (χ2n) is 4.58. The van der Waals surface area contributed by atoms with Gasteiger partial charge in [0.15, 0.2) is 0 Å². The first kappa shape index (κ1) is 14.3. The summed E-state index contributed by atoms with van der Waals surface area (Å²) in [4.78, 5) is 24.0. The number of nitrogens with one attached hydrogen (secondary N) is 1. The summed E-state index contributed by atoms with van der Waals surface area (Å²) in [6, 6.07) is 14.1. The van der Waals surface area contributed by atoms with Crippen molar-refractivity contribution in [2.75, 3.05) is 0 Å². The first-order valence-electron chi connectivity index (χ1n) is 6.65. The maximum absolute atomic E-state index is 11.7. The molecule has 0 aliphatic heterocycles. The summed E-state index contributed by atoms with van der Waals surface area (Å²) in [5.74, 6) is 0.227. The molecule has 2 aromatic carbocycles. The Kier molecular flexibility index (Phi) is 4.16. The van der Waals surface area contributed by atoms with Gasteiger partial charge in [-0.2, -0.15) is 0 Å². The highest BCUT2D eigenvalue weighted by molar-refractivity contribution is 6.31. The van der Waals surface area contributed by atoms with E-state index >= 15 is 0 Å². The molecule has 0 aliphatic rings. The minimum atomic E-state index is -0.492. The Balaban J connectivity index is 1.60. The van der Waals surface area contributed by atoms with Crippen molar-refractivity contribution in [3.8, 4) is 0 Å². The number of benzene rings is 2. The van der Waals surface area contributed by atoms with Gasteiger partial charge in [-0.25, -0.2) is 9.78 Å². The van der Waals surface area contributed by atoms with Crippen LogP contribution in [0.15, 0.2) is 53.7 Å². The fraction of sp³-hybridized carbons (Fsp3) is 0.0625. The first-order chi connectivity index (χ1) is 10.7. The molecule has 0 radical (unpaired) electrons. The van der Waals surface area contributed by atoms with E-state index in [1.165, 1.54) is 6.21 Å². The molecule has 0 atom stereocenters. The van der Waals surface area contributed by atoms with E-state index in [-0.39, 0.29) is 0 Å². The predicted molar refractivity (Wildman–Crippen MR) is 85.2 cm³/mol. The van der Waals surface area contributed by atoms with Crippen LogP contribution in [0, 0.1) is 0 Å². The smallest absolute Gasteiger partial charge is 0.342 e. The third-order valence-electron chi connectivity index (χ3n) is 3.00. The Morgan fingerprint density at radius 3 is 2.91 bits per heavy atom. The van der Waals surface area contributed by atoms with Crippen molar-refractivity contribution in [1.82, 2.24) is 9.97 Å². The fourth-order valence-electron chi connectivity index (χ4n) is 1.96. The van der Waals surface area contributed by atoms with Crippen LogP contribution < -0.4 is 0 Å². The number of aromatic nitrogens is 2. The minimum Gasteiger partial charge on any atom is -0.342 e. The van der Waals surface area contributed by atoms with Crippen molar-refractivity contribution in [1.29, 1.82) is 0 Å². The maximum atomic E-state index is 11.7. The highest BCUT2D eigenvalue weighted by Crippen LogP contribution is 2.17. The van der Waals surface area contributed by atoms with Crippen LogP contribution in [0.1, 0.15) is 16.2 Å². The number of carbonyl (C=O) groups excluding carboxylic acids is 1. The monoisotopic (exact) mass is 313 g/mol. The number of carbonyl (C=O) groups is 1. The van der Waals surface area contributed by atoms with Gasteiger partial charge in [-0.15, -0.1) is 0 Å². The van der Waals surface area contributed by atoms with Crippen molar-refractivity contribution in [3.63, 3.8) is 0 Å². The molecule has 1 heterocycles. The zero-order valence-electron chi connectivity index (χ0n) is 11.5. The lowest BCUT2D eigenvalue weighted by Crippen LogP contribution is -2.00. The second-order valence-corrected chi connectivity index (χ2v) is 5.02. The number of aromatic amines is 1. The molecule has 0 spiro atoms. The van der Waals surface area contributed by atoms with Crippen LogP contribution in [-0.2, 0) is 11.3 Å². The molecule has 1 N–H and O–H groups in total. The van der Waals surface area contributed by atoms with Gasteiger partial charge in [0.25, 0.3) is 0 Å². The van der Waals surface area contributed by atoms with Crippen LogP contribution in [0.25, 0.3) is 11.0 Å². The van der Waals surface area contributed by atoms with Crippen LogP contribution in [0.2, 0.25) is 5.02 Å². The zero-order valence-corrected chi connectivity index (χ0v) is 12.2. The molecule has 22 heavy (non-hydrogen) atoms. The summed E-state index contributed by atoms with van der Waals surface area (Å²) in [7, 11) is 0. The molecular formula is C16H12ClN3O2. The van der Waals surface area contributed by atoms with E-state index in [1.54, 1.807) is 36.4 Å². The Morgan fingerprint density at radius 2 is 2.09 bits per heavy atom. The average Bonchev–Trinajstić information content (AvgIpc) is 2.94. The van der Waals surface area contributed by atoms with Crippen LogP contribution in [0.4, 0.5) is 0 Å². The summed E-state index contributed by atoms with van der Waals surface area (Å²) in [6.45, 7) is 0. The van der Waals surface area contributed by atoms with Gasteiger partial charge in [0.05, 0.1) is 22.8 Å². The molecule has 6 heteroatoms. The summed E-state index contributed by atoms with van der Waals surface area (Å²) < 4.78 is 0. The molecule has 0 unspecified atom stereocenters. The minimum absolute atomic E-state index is 0.425. The van der Waals surface area contributed by atoms with Gasteiger partial charge in [0.1, 0.15) is 5.82 Å². The number of oxime groups is 1. The van der Waals surface area contributed by atoms with E-state index in [4.69, 9.17) is 16.4 Å². The van der Waals surface area contributed by atoms with Crippen molar-refractivity contribution in [2.45, 2.75) is 6.42 Å². The normalized spacial score (nSPS) is 11.1. The van der Waals surface area contributed by atoms with Crippen LogP contribution in [0.5, 0.6) is 0 Å². The molecular weight excluding hydrogens is 302 g/mol. The quantitative estimate of drug-likeness (QED) is 0.454. The van der Waals surface area contributed by atoms with E-state index < -0.39 is 5.97 Å². The topological polar surface area (TPSA) is 67.3 Å². The summed E-state index contributed by atoms with van der Waals surface area (Å²) in [5, 5.41) is 4.31. The SMILES string of the molecule is O=C(ON=CCc1nc2cc(Cl)ccc2[nH]1)c1ccccc1. The van der Waals surface area contributed by atoms with Crippen molar-refractivity contribution in [2.24, 2.45) is 5.16 Å². The molecule has 1 aromatic heterocycles. The molecule has 0 bridgehead atoms. The van der Waals surface area contributed by atoms with E-state index in [2.05, 4.69) is 15.1 Å².